The number of rotatable bonds is 8. The van der Waals surface area contributed by atoms with Gasteiger partial charge >= 0.3 is 0 Å². The van der Waals surface area contributed by atoms with Crippen LogP contribution in [0.5, 0.6) is 5.75 Å². The first-order valence-corrected chi connectivity index (χ1v) is 8.44. The molecule has 1 amide bonds. The smallest absolute Gasteiger partial charge is 0.251 e. The maximum Gasteiger partial charge on any atom is 0.251 e. The van der Waals surface area contributed by atoms with E-state index in [0.29, 0.717) is 24.6 Å². The van der Waals surface area contributed by atoms with E-state index in [1.807, 2.05) is 12.1 Å². The van der Waals surface area contributed by atoms with Gasteiger partial charge < -0.3 is 20.5 Å². The van der Waals surface area contributed by atoms with Gasteiger partial charge in [-0.05, 0) is 49.4 Å². The van der Waals surface area contributed by atoms with Gasteiger partial charge in [0.1, 0.15) is 12.4 Å². The minimum Gasteiger partial charge on any atom is -0.491 e. The lowest BCUT2D eigenvalue weighted by molar-refractivity contribution is 0.0679. The van der Waals surface area contributed by atoms with Gasteiger partial charge in [-0.15, -0.1) is 12.4 Å². The molecule has 2 rings (SSSR count). The van der Waals surface area contributed by atoms with Crippen LogP contribution in [0.1, 0.15) is 43.5 Å². The number of ether oxygens (including phenoxy) is 2. The molecule has 6 heteroatoms. The summed E-state index contributed by atoms with van der Waals surface area (Å²) in [5.74, 6) is 1.17. The normalized spacial score (nSPS) is 18.1. The lowest BCUT2D eigenvalue weighted by Crippen LogP contribution is -2.41. The second-order valence-corrected chi connectivity index (χ2v) is 6.51. The fourth-order valence-electron chi connectivity index (χ4n) is 2.72. The van der Waals surface area contributed by atoms with Gasteiger partial charge in [-0.2, -0.15) is 0 Å². The Morgan fingerprint density at radius 2 is 2.08 bits per heavy atom. The highest BCUT2D eigenvalue weighted by atomic mass is 35.5. The first-order valence-electron chi connectivity index (χ1n) is 8.44. The van der Waals surface area contributed by atoms with Gasteiger partial charge in [-0.3, -0.25) is 4.79 Å². The number of amides is 1. The van der Waals surface area contributed by atoms with Gasteiger partial charge in [-0.25, -0.2) is 0 Å². The van der Waals surface area contributed by atoms with E-state index < -0.39 is 0 Å². The number of nitrogens with two attached hydrogens (primary N) is 1. The van der Waals surface area contributed by atoms with Crippen molar-refractivity contribution in [3.63, 3.8) is 0 Å². The summed E-state index contributed by atoms with van der Waals surface area (Å²) in [6.07, 6.45) is 3.23. The quantitative estimate of drug-likeness (QED) is 0.751. The third kappa shape index (κ3) is 6.67. The standard InChI is InChI=1S/C18H28N2O3.ClH/c1-13(2)10-15(11-19)20-18(21)14-5-7-16(8-6-14)23-12-17-4-3-9-22-17;/h5-8,13,15,17H,3-4,9-12,19H2,1-2H3,(H,20,21);1H. The van der Waals surface area contributed by atoms with Crippen LogP contribution in [0.3, 0.4) is 0 Å². The predicted molar refractivity (Wildman–Crippen MR) is 97.9 cm³/mol. The van der Waals surface area contributed by atoms with Crippen LogP contribution in [0.4, 0.5) is 0 Å². The first-order chi connectivity index (χ1) is 11.1. The van der Waals surface area contributed by atoms with E-state index in [0.717, 1.165) is 31.6 Å². The average molecular weight is 357 g/mol. The van der Waals surface area contributed by atoms with Gasteiger partial charge in [0.05, 0.1) is 6.10 Å². The number of carbonyl (C=O) groups excluding carboxylic acids is 1. The predicted octanol–water partition coefficient (Wildman–Crippen LogP) is 2.77. The van der Waals surface area contributed by atoms with E-state index in [-0.39, 0.29) is 30.5 Å². The van der Waals surface area contributed by atoms with Crippen molar-refractivity contribution in [3.8, 4) is 5.75 Å². The molecule has 1 fully saturated rings. The van der Waals surface area contributed by atoms with Gasteiger partial charge in [0.25, 0.3) is 5.91 Å². The summed E-state index contributed by atoms with van der Waals surface area (Å²) >= 11 is 0. The van der Waals surface area contributed by atoms with Crippen molar-refractivity contribution in [1.82, 2.24) is 5.32 Å². The molecule has 1 aromatic carbocycles. The summed E-state index contributed by atoms with van der Waals surface area (Å²) in [6.45, 7) is 6.08. The largest absolute Gasteiger partial charge is 0.491 e. The van der Waals surface area contributed by atoms with Crippen LogP contribution >= 0.6 is 12.4 Å². The van der Waals surface area contributed by atoms with Crippen molar-refractivity contribution in [2.24, 2.45) is 11.7 Å². The van der Waals surface area contributed by atoms with Crippen LogP contribution in [-0.4, -0.2) is 37.8 Å². The fraction of sp³-hybridized carbons (Fsp3) is 0.611. The third-order valence-electron chi connectivity index (χ3n) is 3.95. The molecule has 136 valence electrons. The highest BCUT2D eigenvalue weighted by Crippen LogP contribution is 2.17. The Morgan fingerprint density at radius 1 is 1.38 bits per heavy atom. The Kier molecular flexibility index (Phi) is 9.11. The maximum atomic E-state index is 12.2. The molecule has 1 saturated heterocycles. The molecule has 3 N–H and O–H groups in total. The van der Waals surface area contributed by atoms with Crippen molar-refractivity contribution in [2.75, 3.05) is 19.8 Å². The molecular weight excluding hydrogens is 328 g/mol. The lowest BCUT2D eigenvalue weighted by Gasteiger charge is -2.19. The first kappa shape index (κ1) is 20.7. The lowest BCUT2D eigenvalue weighted by atomic mass is 10.0. The van der Waals surface area contributed by atoms with Crippen LogP contribution in [0.2, 0.25) is 0 Å². The number of hydrogen-bond acceptors (Lipinski definition) is 4. The second kappa shape index (κ2) is 10.5. The van der Waals surface area contributed by atoms with Gasteiger partial charge in [-0.1, -0.05) is 13.8 Å². The average Bonchev–Trinajstić information content (AvgIpc) is 3.05. The van der Waals surface area contributed by atoms with Gasteiger partial charge in [0.15, 0.2) is 0 Å². The topological polar surface area (TPSA) is 73.6 Å². The molecule has 2 atom stereocenters. The van der Waals surface area contributed by atoms with E-state index in [9.17, 15) is 4.79 Å². The Balaban J connectivity index is 0.00000288. The second-order valence-electron chi connectivity index (χ2n) is 6.51. The van der Waals surface area contributed by atoms with Gasteiger partial charge in [0, 0.05) is 24.8 Å². The molecule has 1 heterocycles. The third-order valence-corrected chi connectivity index (χ3v) is 3.95. The van der Waals surface area contributed by atoms with Crippen molar-refractivity contribution >= 4 is 18.3 Å². The molecule has 0 bridgehead atoms. The van der Waals surface area contributed by atoms with Crippen molar-refractivity contribution in [2.45, 2.75) is 45.3 Å². The van der Waals surface area contributed by atoms with E-state index in [4.69, 9.17) is 15.2 Å². The summed E-state index contributed by atoms with van der Waals surface area (Å²) in [5.41, 5.74) is 6.35. The Hall–Kier alpha value is -1.30. The number of halogens is 1. The summed E-state index contributed by atoms with van der Waals surface area (Å²) in [5, 5.41) is 2.99. The zero-order chi connectivity index (χ0) is 16.7. The monoisotopic (exact) mass is 356 g/mol. The minimum atomic E-state index is -0.0909. The van der Waals surface area contributed by atoms with Crippen LogP contribution in [0.25, 0.3) is 0 Å². The zero-order valence-corrected chi connectivity index (χ0v) is 15.3. The van der Waals surface area contributed by atoms with Crippen molar-refractivity contribution < 1.29 is 14.3 Å². The van der Waals surface area contributed by atoms with Crippen molar-refractivity contribution in [1.29, 1.82) is 0 Å². The molecule has 0 aromatic heterocycles. The number of hydrogen-bond donors (Lipinski definition) is 2. The molecule has 0 radical (unpaired) electrons. The number of nitrogens with one attached hydrogen (secondary N) is 1. The SMILES string of the molecule is CC(C)CC(CN)NC(=O)c1ccc(OCC2CCCO2)cc1.Cl. The molecule has 5 nitrogen and oxygen atoms in total. The summed E-state index contributed by atoms with van der Waals surface area (Å²) in [6, 6.07) is 7.22. The maximum absolute atomic E-state index is 12.2. The fourth-order valence-corrected chi connectivity index (χ4v) is 2.72. The van der Waals surface area contributed by atoms with Gasteiger partial charge in [0.2, 0.25) is 0 Å². The summed E-state index contributed by atoms with van der Waals surface area (Å²) in [4.78, 5) is 12.2. The van der Waals surface area contributed by atoms with Crippen LogP contribution in [-0.2, 0) is 4.74 Å². The summed E-state index contributed by atoms with van der Waals surface area (Å²) in [7, 11) is 0. The van der Waals surface area contributed by atoms with Crippen molar-refractivity contribution in [3.05, 3.63) is 29.8 Å². The Labute approximate surface area is 150 Å². The molecule has 1 aliphatic rings. The Morgan fingerprint density at radius 3 is 2.62 bits per heavy atom. The highest BCUT2D eigenvalue weighted by Gasteiger charge is 2.16. The molecule has 1 aromatic rings. The molecule has 1 aliphatic heterocycles. The molecule has 2 unspecified atom stereocenters. The summed E-state index contributed by atoms with van der Waals surface area (Å²) < 4.78 is 11.2. The molecule has 24 heavy (non-hydrogen) atoms. The highest BCUT2D eigenvalue weighted by molar-refractivity contribution is 5.94. The molecule has 0 saturated carbocycles. The van der Waals surface area contributed by atoms with E-state index >= 15 is 0 Å². The number of carbonyl (C=O) groups is 1. The van der Waals surface area contributed by atoms with Crippen LogP contribution in [0.15, 0.2) is 24.3 Å². The van der Waals surface area contributed by atoms with E-state index in [1.165, 1.54) is 0 Å². The number of benzene rings is 1. The zero-order valence-electron chi connectivity index (χ0n) is 14.5. The minimum absolute atomic E-state index is 0. The molecule has 0 aliphatic carbocycles. The van der Waals surface area contributed by atoms with Crippen LogP contribution < -0.4 is 15.8 Å². The van der Waals surface area contributed by atoms with E-state index in [2.05, 4.69) is 19.2 Å². The molecule has 0 spiro atoms. The molecular formula is C18H29ClN2O3. The van der Waals surface area contributed by atoms with Crippen LogP contribution in [0, 0.1) is 5.92 Å². The Bertz CT molecular complexity index is 488. The van der Waals surface area contributed by atoms with E-state index in [1.54, 1.807) is 12.1 Å².